The van der Waals surface area contributed by atoms with Crippen LogP contribution < -0.4 is 5.32 Å². The minimum absolute atomic E-state index is 0.0125. The molecule has 3 aromatic rings. The summed E-state index contributed by atoms with van der Waals surface area (Å²) < 4.78 is 5.83. The van der Waals surface area contributed by atoms with Gasteiger partial charge in [0, 0.05) is 31.6 Å². The van der Waals surface area contributed by atoms with Crippen molar-refractivity contribution < 1.29 is 9.53 Å². The Bertz CT molecular complexity index is 948. The van der Waals surface area contributed by atoms with Crippen LogP contribution in [0.4, 0.5) is 0 Å². The van der Waals surface area contributed by atoms with Gasteiger partial charge in [0.25, 0.3) is 0 Å². The van der Waals surface area contributed by atoms with Crippen LogP contribution in [0.1, 0.15) is 5.56 Å². The van der Waals surface area contributed by atoms with Gasteiger partial charge >= 0.3 is 0 Å². The first-order valence-electron chi connectivity index (χ1n) is 9.75. The maximum Gasteiger partial charge on any atom is 0.230 e. The van der Waals surface area contributed by atoms with Crippen LogP contribution in [0.15, 0.2) is 66.0 Å². The van der Waals surface area contributed by atoms with E-state index < -0.39 is 0 Å². The van der Waals surface area contributed by atoms with Gasteiger partial charge in [-0.15, -0.1) is 0 Å². The summed E-state index contributed by atoms with van der Waals surface area (Å²) in [4.78, 5) is 23.3. The van der Waals surface area contributed by atoms with Crippen molar-refractivity contribution in [3.63, 3.8) is 0 Å². The summed E-state index contributed by atoms with van der Waals surface area (Å²) in [6.07, 6.45) is 1.56. The minimum Gasteiger partial charge on any atom is -0.374 e. The Labute approximate surface area is 174 Å². The van der Waals surface area contributed by atoms with E-state index in [-0.39, 0.29) is 12.0 Å². The van der Waals surface area contributed by atoms with Crippen molar-refractivity contribution >= 4 is 28.6 Å². The van der Waals surface area contributed by atoms with E-state index in [1.165, 1.54) is 17.3 Å². The molecule has 1 unspecified atom stereocenters. The Morgan fingerprint density at radius 1 is 1.14 bits per heavy atom. The van der Waals surface area contributed by atoms with Crippen LogP contribution in [0, 0.1) is 0 Å². The Hall–Kier alpha value is -2.48. The molecule has 2 aromatic carbocycles. The molecule has 150 valence electrons. The van der Waals surface area contributed by atoms with Gasteiger partial charge in [0.05, 0.1) is 24.0 Å². The number of carbonyl (C=O) groups is 1. The van der Waals surface area contributed by atoms with Gasteiger partial charge in [-0.25, -0.2) is 9.97 Å². The van der Waals surface area contributed by atoms with Crippen LogP contribution in [0.3, 0.4) is 0 Å². The summed E-state index contributed by atoms with van der Waals surface area (Å²) in [6.45, 7) is 3.85. The van der Waals surface area contributed by atoms with Gasteiger partial charge in [-0.3, -0.25) is 9.69 Å². The molecule has 1 amide bonds. The SMILES string of the molecule is O=C(CSc1ncnc2ccccc12)NCC1CN(Cc2ccccc2)CCO1. The van der Waals surface area contributed by atoms with Crippen molar-refractivity contribution in [2.45, 2.75) is 17.7 Å². The zero-order valence-electron chi connectivity index (χ0n) is 16.2. The van der Waals surface area contributed by atoms with Crippen molar-refractivity contribution in [2.24, 2.45) is 0 Å². The van der Waals surface area contributed by atoms with Crippen molar-refractivity contribution in [3.05, 3.63) is 66.5 Å². The summed E-state index contributed by atoms with van der Waals surface area (Å²) in [7, 11) is 0. The van der Waals surface area contributed by atoms with Crippen LogP contribution in [0.5, 0.6) is 0 Å². The largest absolute Gasteiger partial charge is 0.374 e. The molecule has 0 saturated carbocycles. The van der Waals surface area contributed by atoms with E-state index in [1.54, 1.807) is 6.33 Å². The molecular formula is C22H24N4O2S. The molecule has 1 aliphatic heterocycles. The number of aromatic nitrogens is 2. The molecule has 2 heterocycles. The summed E-state index contributed by atoms with van der Waals surface area (Å²) in [5.41, 5.74) is 2.19. The molecular weight excluding hydrogens is 384 g/mol. The highest BCUT2D eigenvalue weighted by molar-refractivity contribution is 8.00. The predicted molar refractivity (Wildman–Crippen MR) is 115 cm³/mol. The lowest BCUT2D eigenvalue weighted by molar-refractivity contribution is -0.119. The number of nitrogens with zero attached hydrogens (tertiary/aromatic N) is 3. The normalized spacial score (nSPS) is 17.3. The summed E-state index contributed by atoms with van der Waals surface area (Å²) in [5.74, 6) is 0.308. The highest BCUT2D eigenvalue weighted by Gasteiger charge is 2.21. The molecule has 0 bridgehead atoms. The molecule has 0 radical (unpaired) electrons. The quantitative estimate of drug-likeness (QED) is 0.479. The first-order valence-corrected chi connectivity index (χ1v) is 10.7. The Balaban J connectivity index is 1.24. The Morgan fingerprint density at radius 3 is 2.86 bits per heavy atom. The van der Waals surface area contributed by atoms with E-state index in [4.69, 9.17) is 4.74 Å². The number of ether oxygens (including phenoxy) is 1. The van der Waals surface area contributed by atoms with E-state index in [2.05, 4.69) is 44.5 Å². The molecule has 1 N–H and O–H groups in total. The number of amides is 1. The molecule has 1 saturated heterocycles. The molecule has 1 aromatic heterocycles. The fourth-order valence-electron chi connectivity index (χ4n) is 3.40. The number of morpholine rings is 1. The second kappa shape index (κ2) is 9.82. The predicted octanol–water partition coefficient (Wildman–Crippen LogP) is 2.74. The van der Waals surface area contributed by atoms with Gasteiger partial charge < -0.3 is 10.1 Å². The number of rotatable bonds is 7. The van der Waals surface area contributed by atoms with E-state index in [1.807, 2.05) is 30.3 Å². The average Bonchev–Trinajstić information content (AvgIpc) is 2.77. The van der Waals surface area contributed by atoms with E-state index >= 15 is 0 Å². The number of fused-ring (bicyclic) bond motifs is 1. The van der Waals surface area contributed by atoms with Crippen LogP contribution in [-0.2, 0) is 16.1 Å². The second-order valence-electron chi connectivity index (χ2n) is 7.00. The minimum atomic E-state index is -0.0125. The van der Waals surface area contributed by atoms with Crippen LogP contribution in [0.2, 0.25) is 0 Å². The molecule has 4 rings (SSSR count). The van der Waals surface area contributed by atoms with Crippen molar-refractivity contribution in [2.75, 3.05) is 32.0 Å². The number of thioether (sulfide) groups is 1. The first kappa shape index (κ1) is 19.8. The average molecular weight is 409 g/mol. The third-order valence-corrected chi connectivity index (χ3v) is 5.85. The zero-order valence-corrected chi connectivity index (χ0v) is 17.0. The van der Waals surface area contributed by atoms with Crippen molar-refractivity contribution in [1.29, 1.82) is 0 Å². The van der Waals surface area contributed by atoms with E-state index in [9.17, 15) is 4.79 Å². The van der Waals surface area contributed by atoms with Gasteiger partial charge in [-0.2, -0.15) is 0 Å². The van der Waals surface area contributed by atoms with E-state index in [0.29, 0.717) is 18.9 Å². The van der Waals surface area contributed by atoms with Crippen molar-refractivity contribution in [3.8, 4) is 0 Å². The van der Waals surface area contributed by atoms with Crippen LogP contribution >= 0.6 is 11.8 Å². The third kappa shape index (κ3) is 5.53. The van der Waals surface area contributed by atoms with E-state index in [0.717, 1.165) is 35.6 Å². The first-order chi connectivity index (χ1) is 14.3. The zero-order chi connectivity index (χ0) is 19.9. The molecule has 1 aliphatic rings. The Morgan fingerprint density at radius 2 is 1.97 bits per heavy atom. The fraction of sp³-hybridized carbons (Fsp3) is 0.318. The maximum atomic E-state index is 12.3. The summed E-state index contributed by atoms with van der Waals surface area (Å²) in [5, 5.41) is 4.80. The second-order valence-corrected chi connectivity index (χ2v) is 7.97. The lowest BCUT2D eigenvalue weighted by atomic mass is 10.2. The van der Waals surface area contributed by atoms with Gasteiger partial charge in [0.1, 0.15) is 11.4 Å². The van der Waals surface area contributed by atoms with Gasteiger partial charge in [0.15, 0.2) is 0 Å². The lowest BCUT2D eigenvalue weighted by Crippen LogP contribution is -2.47. The number of carbonyl (C=O) groups excluding carboxylic acids is 1. The van der Waals surface area contributed by atoms with Crippen LogP contribution in [0.25, 0.3) is 10.9 Å². The molecule has 1 fully saturated rings. The van der Waals surface area contributed by atoms with Gasteiger partial charge in [-0.1, -0.05) is 60.3 Å². The number of para-hydroxylation sites is 1. The molecule has 0 spiro atoms. The van der Waals surface area contributed by atoms with Gasteiger partial charge in [-0.05, 0) is 11.6 Å². The number of hydrogen-bond acceptors (Lipinski definition) is 6. The molecule has 7 heteroatoms. The highest BCUT2D eigenvalue weighted by Crippen LogP contribution is 2.23. The molecule has 0 aliphatic carbocycles. The van der Waals surface area contributed by atoms with Crippen LogP contribution in [-0.4, -0.2) is 58.9 Å². The number of nitrogens with one attached hydrogen (secondary N) is 1. The molecule has 29 heavy (non-hydrogen) atoms. The van der Waals surface area contributed by atoms with Crippen molar-refractivity contribution in [1.82, 2.24) is 20.2 Å². The third-order valence-electron chi connectivity index (χ3n) is 4.85. The standard InChI is InChI=1S/C22H24N4O2S/c27-21(15-29-22-19-8-4-5-9-20(19)24-16-25-22)23-12-18-14-26(10-11-28-18)13-17-6-2-1-3-7-17/h1-9,16,18H,10-15H2,(H,23,27). The monoisotopic (exact) mass is 408 g/mol. The molecule has 6 nitrogen and oxygen atoms in total. The topological polar surface area (TPSA) is 67.4 Å². The highest BCUT2D eigenvalue weighted by atomic mass is 32.2. The smallest absolute Gasteiger partial charge is 0.230 e. The number of hydrogen-bond donors (Lipinski definition) is 1. The fourth-order valence-corrected chi connectivity index (χ4v) is 4.22. The van der Waals surface area contributed by atoms with Gasteiger partial charge in [0.2, 0.25) is 5.91 Å². The Kier molecular flexibility index (Phi) is 6.71. The number of benzene rings is 2. The maximum absolute atomic E-state index is 12.3. The molecule has 1 atom stereocenters. The summed E-state index contributed by atoms with van der Waals surface area (Å²) >= 11 is 1.43. The summed E-state index contributed by atoms with van der Waals surface area (Å²) in [6, 6.07) is 18.3. The lowest BCUT2D eigenvalue weighted by Gasteiger charge is -2.33.